The van der Waals surface area contributed by atoms with Crippen molar-refractivity contribution in [1.82, 2.24) is 19.6 Å². The quantitative estimate of drug-likeness (QED) is 0.380. The largest absolute Gasteiger partial charge is 0.370 e. The zero-order valence-electron chi connectivity index (χ0n) is 16.5. The molecule has 0 bridgehead atoms. The molecule has 4 rings (SSSR count). The number of rotatable bonds is 5. The van der Waals surface area contributed by atoms with Crippen molar-refractivity contribution in [3.63, 3.8) is 0 Å². The Hall–Kier alpha value is -2.17. The number of nitrogens with zero attached hydrogens (tertiary/aromatic N) is 5. The molecule has 2 aliphatic rings. The standard InChI is InChI=1S/C20H25FN6O.HI/c1-25(16-7-8-16)20(22)23-10-13-9-18(28)26(2)19(13)14-11-24-27(12-14)17-5-3-15(21)4-6-17;/h3-6,11-13,16,19H,7-10H2,1-2H3,(H2,22,23);1H/t13-,19+;/m0./s1. The van der Waals surface area contributed by atoms with Crippen molar-refractivity contribution in [1.29, 1.82) is 0 Å². The van der Waals surface area contributed by atoms with Gasteiger partial charge in [-0.1, -0.05) is 0 Å². The van der Waals surface area contributed by atoms with Crippen LogP contribution in [0.15, 0.2) is 41.7 Å². The van der Waals surface area contributed by atoms with Crippen LogP contribution in [0.1, 0.15) is 30.9 Å². The Kier molecular flexibility index (Phi) is 6.45. The van der Waals surface area contributed by atoms with E-state index in [9.17, 15) is 9.18 Å². The van der Waals surface area contributed by atoms with Gasteiger partial charge in [-0.25, -0.2) is 9.07 Å². The third kappa shape index (κ3) is 4.54. The van der Waals surface area contributed by atoms with Crippen LogP contribution in [-0.4, -0.2) is 58.1 Å². The van der Waals surface area contributed by atoms with Gasteiger partial charge in [-0.15, -0.1) is 24.0 Å². The number of nitrogens with two attached hydrogens (primary N) is 1. The van der Waals surface area contributed by atoms with Gasteiger partial charge in [-0.05, 0) is 37.1 Å². The number of halogens is 2. The minimum Gasteiger partial charge on any atom is -0.370 e. The van der Waals surface area contributed by atoms with Gasteiger partial charge in [0.25, 0.3) is 0 Å². The van der Waals surface area contributed by atoms with Gasteiger partial charge in [0.1, 0.15) is 5.82 Å². The Bertz CT molecular complexity index is 895. The van der Waals surface area contributed by atoms with E-state index in [1.54, 1.807) is 27.9 Å². The summed E-state index contributed by atoms with van der Waals surface area (Å²) in [5, 5.41) is 4.40. The number of carbonyl (C=O) groups is 1. The molecule has 29 heavy (non-hydrogen) atoms. The van der Waals surface area contributed by atoms with Gasteiger partial charge in [-0.2, -0.15) is 5.10 Å². The molecule has 9 heteroatoms. The fourth-order valence-electron chi connectivity index (χ4n) is 3.81. The summed E-state index contributed by atoms with van der Waals surface area (Å²) >= 11 is 0. The molecule has 156 valence electrons. The van der Waals surface area contributed by atoms with Crippen LogP contribution < -0.4 is 5.73 Å². The molecule has 0 unspecified atom stereocenters. The fraction of sp³-hybridized carbons (Fsp3) is 0.450. The number of guanidine groups is 1. The first-order valence-corrected chi connectivity index (χ1v) is 9.53. The Morgan fingerprint density at radius 2 is 2.03 bits per heavy atom. The summed E-state index contributed by atoms with van der Waals surface area (Å²) in [7, 11) is 3.78. The van der Waals surface area contributed by atoms with Gasteiger partial charge in [0.15, 0.2) is 5.96 Å². The van der Waals surface area contributed by atoms with Crippen molar-refractivity contribution in [3.8, 4) is 5.69 Å². The molecular weight excluding hydrogens is 486 g/mol. The van der Waals surface area contributed by atoms with E-state index in [4.69, 9.17) is 5.73 Å². The molecule has 7 nitrogen and oxygen atoms in total. The Labute approximate surface area is 186 Å². The van der Waals surface area contributed by atoms with E-state index in [0.29, 0.717) is 25.0 Å². The molecule has 2 fully saturated rings. The van der Waals surface area contributed by atoms with E-state index in [0.717, 1.165) is 24.1 Å². The lowest BCUT2D eigenvalue weighted by Crippen LogP contribution is -2.36. The summed E-state index contributed by atoms with van der Waals surface area (Å²) in [5.41, 5.74) is 7.82. The van der Waals surface area contributed by atoms with E-state index < -0.39 is 0 Å². The fourth-order valence-corrected chi connectivity index (χ4v) is 3.81. The second-order valence-corrected chi connectivity index (χ2v) is 7.65. The molecular formula is C20H26FIN6O. The molecule has 1 aliphatic carbocycles. The SMILES string of the molecule is CN(C(N)=NC[C@@H]1CC(=O)N(C)[C@H]1c1cnn(-c2ccc(F)cc2)c1)C1CC1.I. The second-order valence-electron chi connectivity index (χ2n) is 7.65. The van der Waals surface area contributed by atoms with Gasteiger partial charge < -0.3 is 15.5 Å². The van der Waals surface area contributed by atoms with Gasteiger partial charge in [0, 0.05) is 50.8 Å². The number of benzene rings is 1. The smallest absolute Gasteiger partial charge is 0.223 e. The van der Waals surface area contributed by atoms with Crippen LogP contribution in [0, 0.1) is 11.7 Å². The third-order valence-corrected chi connectivity index (χ3v) is 5.67. The summed E-state index contributed by atoms with van der Waals surface area (Å²) in [4.78, 5) is 20.7. The van der Waals surface area contributed by atoms with Crippen molar-refractivity contribution in [3.05, 3.63) is 48.0 Å². The molecule has 1 amide bonds. The van der Waals surface area contributed by atoms with Crippen molar-refractivity contribution in [2.75, 3.05) is 20.6 Å². The van der Waals surface area contributed by atoms with Crippen LogP contribution in [0.2, 0.25) is 0 Å². The number of likely N-dealkylation sites (tertiary alicyclic amines) is 1. The predicted molar refractivity (Wildman–Crippen MR) is 120 cm³/mol. The molecule has 2 atom stereocenters. The number of amides is 1. The van der Waals surface area contributed by atoms with Gasteiger partial charge in [0.2, 0.25) is 5.91 Å². The molecule has 0 spiro atoms. The van der Waals surface area contributed by atoms with Crippen LogP contribution in [0.5, 0.6) is 0 Å². The van der Waals surface area contributed by atoms with Gasteiger partial charge in [0.05, 0.1) is 17.9 Å². The Morgan fingerprint density at radius 1 is 1.34 bits per heavy atom. The van der Waals surface area contributed by atoms with E-state index in [2.05, 4.69) is 10.1 Å². The first-order valence-electron chi connectivity index (χ1n) is 9.53. The minimum atomic E-state index is -0.288. The first kappa shape index (κ1) is 21.5. The van der Waals surface area contributed by atoms with Crippen molar-refractivity contribution in [2.45, 2.75) is 31.3 Å². The number of hydrogen-bond donors (Lipinski definition) is 1. The molecule has 1 aliphatic heterocycles. The third-order valence-electron chi connectivity index (χ3n) is 5.67. The Morgan fingerprint density at radius 3 is 2.69 bits per heavy atom. The van der Waals surface area contributed by atoms with Crippen LogP contribution >= 0.6 is 24.0 Å². The van der Waals surface area contributed by atoms with Crippen molar-refractivity contribution >= 4 is 35.8 Å². The summed E-state index contributed by atoms with van der Waals surface area (Å²) < 4.78 is 14.9. The van der Waals surface area contributed by atoms with Gasteiger partial charge in [-0.3, -0.25) is 9.79 Å². The average molecular weight is 512 g/mol. The van der Waals surface area contributed by atoms with Crippen LogP contribution in [-0.2, 0) is 4.79 Å². The van der Waals surface area contributed by atoms with E-state index in [1.807, 2.05) is 25.2 Å². The minimum absolute atomic E-state index is 0. The van der Waals surface area contributed by atoms with Gasteiger partial charge >= 0.3 is 0 Å². The van der Waals surface area contributed by atoms with Crippen LogP contribution in [0.4, 0.5) is 4.39 Å². The highest BCUT2D eigenvalue weighted by atomic mass is 127. The van der Waals surface area contributed by atoms with Crippen LogP contribution in [0.3, 0.4) is 0 Å². The lowest BCUT2D eigenvalue weighted by molar-refractivity contribution is -0.127. The number of aliphatic imine (C=N–C) groups is 1. The molecule has 2 heterocycles. The molecule has 1 saturated heterocycles. The molecule has 1 aromatic carbocycles. The molecule has 2 aromatic rings. The number of carbonyl (C=O) groups excluding carboxylic acids is 1. The molecule has 1 saturated carbocycles. The summed E-state index contributed by atoms with van der Waals surface area (Å²) in [5.74, 6) is 0.373. The van der Waals surface area contributed by atoms with E-state index in [1.165, 1.54) is 12.1 Å². The maximum Gasteiger partial charge on any atom is 0.223 e. The summed E-state index contributed by atoms with van der Waals surface area (Å²) in [6.45, 7) is 0.491. The lowest BCUT2D eigenvalue weighted by atomic mass is 9.96. The number of aromatic nitrogens is 2. The first-order chi connectivity index (χ1) is 13.4. The van der Waals surface area contributed by atoms with Crippen LogP contribution in [0.25, 0.3) is 5.69 Å². The monoisotopic (exact) mass is 512 g/mol. The molecule has 1 aromatic heterocycles. The van der Waals surface area contributed by atoms with E-state index in [-0.39, 0.29) is 47.7 Å². The topological polar surface area (TPSA) is 79.8 Å². The summed E-state index contributed by atoms with van der Waals surface area (Å²) in [6.07, 6.45) is 6.40. The van der Waals surface area contributed by atoms with E-state index >= 15 is 0 Å². The second kappa shape index (κ2) is 8.68. The summed E-state index contributed by atoms with van der Waals surface area (Å²) in [6, 6.07) is 6.54. The zero-order valence-corrected chi connectivity index (χ0v) is 18.9. The molecule has 2 N–H and O–H groups in total. The van der Waals surface area contributed by atoms with Crippen molar-refractivity contribution < 1.29 is 9.18 Å². The predicted octanol–water partition coefficient (Wildman–Crippen LogP) is 2.56. The highest BCUT2D eigenvalue weighted by Crippen LogP contribution is 2.37. The average Bonchev–Trinajstić information content (AvgIpc) is 3.36. The highest BCUT2D eigenvalue weighted by molar-refractivity contribution is 14.0. The maximum atomic E-state index is 13.2. The highest BCUT2D eigenvalue weighted by Gasteiger charge is 2.39. The Balaban J connectivity index is 0.00000240. The zero-order chi connectivity index (χ0) is 19.8. The molecule has 0 radical (unpaired) electrons. The maximum absolute atomic E-state index is 13.2. The normalized spacial score (nSPS) is 22.0. The van der Waals surface area contributed by atoms with Crippen molar-refractivity contribution in [2.24, 2.45) is 16.6 Å². The lowest BCUT2D eigenvalue weighted by Gasteiger charge is -2.23. The number of hydrogen-bond acceptors (Lipinski definition) is 3.